The molecule has 1 heterocycles. The highest BCUT2D eigenvalue weighted by atomic mass is 16.5. The van der Waals surface area contributed by atoms with Gasteiger partial charge in [-0.25, -0.2) is 4.98 Å². The summed E-state index contributed by atoms with van der Waals surface area (Å²) >= 11 is 0. The number of nitrogens with zero attached hydrogens (tertiary/aromatic N) is 1. The van der Waals surface area contributed by atoms with Gasteiger partial charge in [-0.15, -0.1) is 0 Å². The molecule has 1 aromatic rings. The number of rotatable bonds is 5. The van der Waals surface area contributed by atoms with Crippen LogP contribution < -0.4 is 17.0 Å². The number of nitrogens with one attached hydrogen (secondary N) is 1. The second-order valence-corrected chi connectivity index (χ2v) is 5.22. The van der Waals surface area contributed by atoms with Crippen LogP contribution in [0.15, 0.2) is 18.3 Å². The number of aromatic nitrogens is 1. The third-order valence-electron chi connectivity index (χ3n) is 4.10. The Morgan fingerprint density at radius 1 is 1.37 bits per heavy atom. The van der Waals surface area contributed by atoms with E-state index >= 15 is 0 Å². The number of nitrogen functional groups attached to an aromatic ring is 1. The van der Waals surface area contributed by atoms with Crippen molar-refractivity contribution in [2.75, 3.05) is 12.8 Å². The zero-order valence-electron chi connectivity index (χ0n) is 11.5. The Kier molecular flexibility index (Phi) is 5.13. The Labute approximate surface area is 114 Å². The zero-order chi connectivity index (χ0) is 13.7. The van der Waals surface area contributed by atoms with Crippen LogP contribution in [-0.2, 0) is 4.74 Å². The van der Waals surface area contributed by atoms with Gasteiger partial charge in [-0.3, -0.25) is 11.3 Å². The molecule has 0 amide bonds. The van der Waals surface area contributed by atoms with Gasteiger partial charge in [0.15, 0.2) is 0 Å². The van der Waals surface area contributed by atoms with Crippen molar-refractivity contribution in [3.05, 3.63) is 23.9 Å². The van der Waals surface area contributed by atoms with Gasteiger partial charge in [0.2, 0.25) is 0 Å². The van der Waals surface area contributed by atoms with E-state index in [0.29, 0.717) is 11.7 Å². The summed E-state index contributed by atoms with van der Waals surface area (Å²) in [6, 6.07) is 3.73. The summed E-state index contributed by atoms with van der Waals surface area (Å²) < 4.78 is 5.73. The van der Waals surface area contributed by atoms with Crippen molar-refractivity contribution in [2.45, 2.75) is 44.2 Å². The fourth-order valence-electron chi connectivity index (χ4n) is 3.12. The molecule has 0 radical (unpaired) electrons. The van der Waals surface area contributed by atoms with Crippen LogP contribution >= 0.6 is 0 Å². The van der Waals surface area contributed by atoms with Crippen molar-refractivity contribution < 1.29 is 4.74 Å². The maximum Gasteiger partial charge on any atom is 0.128 e. The molecule has 0 saturated heterocycles. The first kappa shape index (κ1) is 14.2. The molecular weight excluding hydrogens is 240 g/mol. The first-order valence-electron chi connectivity index (χ1n) is 6.97. The molecule has 2 rings (SSSR count). The number of hydrazine groups is 1. The summed E-state index contributed by atoms with van der Waals surface area (Å²) in [4.78, 5) is 4.14. The van der Waals surface area contributed by atoms with Crippen molar-refractivity contribution in [1.29, 1.82) is 0 Å². The van der Waals surface area contributed by atoms with E-state index in [1.165, 1.54) is 32.1 Å². The highest BCUT2D eigenvalue weighted by molar-refractivity contribution is 5.41. The minimum Gasteiger partial charge on any atom is -0.383 e. The summed E-state index contributed by atoms with van der Waals surface area (Å²) in [5.41, 5.74) is 9.74. The molecule has 1 fully saturated rings. The van der Waals surface area contributed by atoms with Gasteiger partial charge in [0.25, 0.3) is 0 Å². The van der Waals surface area contributed by atoms with Crippen LogP contribution in [0.5, 0.6) is 0 Å². The minimum atomic E-state index is -0.109. The summed E-state index contributed by atoms with van der Waals surface area (Å²) in [6.07, 6.45) is 7.97. The maximum atomic E-state index is 5.96. The molecule has 0 aliphatic heterocycles. The second kappa shape index (κ2) is 6.84. The Morgan fingerprint density at radius 3 is 2.68 bits per heavy atom. The van der Waals surface area contributed by atoms with E-state index in [1.54, 1.807) is 13.3 Å². The Morgan fingerprint density at radius 2 is 2.11 bits per heavy atom. The summed E-state index contributed by atoms with van der Waals surface area (Å²) in [6.45, 7) is 0. The molecule has 1 aromatic heterocycles. The number of pyridine rings is 1. The van der Waals surface area contributed by atoms with Crippen LogP contribution in [0.1, 0.15) is 43.7 Å². The highest BCUT2D eigenvalue weighted by Crippen LogP contribution is 2.34. The Balaban J connectivity index is 2.20. The van der Waals surface area contributed by atoms with Gasteiger partial charge in [-0.2, -0.15) is 0 Å². The van der Waals surface area contributed by atoms with Crippen molar-refractivity contribution in [1.82, 2.24) is 10.4 Å². The molecule has 0 spiro atoms. The Hall–Kier alpha value is -1.17. The topological polar surface area (TPSA) is 86.2 Å². The molecule has 0 aromatic carbocycles. The lowest BCUT2D eigenvalue weighted by atomic mass is 9.81. The lowest BCUT2D eigenvalue weighted by Gasteiger charge is -2.35. The van der Waals surface area contributed by atoms with Crippen LogP contribution in [0.3, 0.4) is 0 Å². The number of ether oxygens (including phenoxy) is 1. The number of anilines is 1. The molecule has 1 aliphatic rings. The zero-order valence-corrected chi connectivity index (χ0v) is 11.5. The average molecular weight is 264 g/mol. The van der Waals surface area contributed by atoms with E-state index in [9.17, 15) is 0 Å². The van der Waals surface area contributed by atoms with E-state index in [-0.39, 0.29) is 12.1 Å². The SMILES string of the molecule is COC(C1CCCCC1)C(NN)c1cccnc1N. The lowest BCUT2D eigenvalue weighted by molar-refractivity contribution is 0.00761. The number of methoxy groups -OCH3 is 1. The van der Waals surface area contributed by atoms with E-state index in [0.717, 1.165) is 5.56 Å². The van der Waals surface area contributed by atoms with Crippen LogP contribution in [0, 0.1) is 5.92 Å². The second-order valence-electron chi connectivity index (χ2n) is 5.22. The molecule has 19 heavy (non-hydrogen) atoms. The predicted octanol–water partition coefficient (Wildman–Crippen LogP) is 1.76. The van der Waals surface area contributed by atoms with Gasteiger partial charge in [0.1, 0.15) is 5.82 Å². The van der Waals surface area contributed by atoms with Crippen molar-refractivity contribution in [2.24, 2.45) is 11.8 Å². The molecule has 1 aliphatic carbocycles. The third kappa shape index (κ3) is 3.23. The summed E-state index contributed by atoms with van der Waals surface area (Å²) in [7, 11) is 1.75. The molecule has 2 atom stereocenters. The molecule has 5 N–H and O–H groups in total. The maximum absolute atomic E-state index is 5.96. The molecule has 106 valence electrons. The first-order chi connectivity index (χ1) is 9.27. The largest absolute Gasteiger partial charge is 0.383 e. The standard InChI is InChI=1S/C14H24N4O/c1-19-13(10-6-3-2-4-7-10)12(18-16)11-8-5-9-17-14(11)15/h5,8-10,12-13,18H,2-4,6-7,16H2,1H3,(H2,15,17). The molecule has 5 heteroatoms. The molecule has 1 saturated carbocycles. The first-order valence-corrected chi connectivity index (χ1v) is 6.97. The quantitative estimate of drug-likeness (QED) is 0.557. The van der Waals surface area contributed by atoms with Gasteiger partial charge in [0, 0.05) is 18.9 Å². The third-order valence-corrected chi connectivity index (χ3v) is 4.10. The summed E-state index contributed by atoms with van der Waals surface area (Å²) in [5, 5.41) is 0. The predicted molar refractivity (Wildman–Crippen MR) is 76.1 cm³/mol. The van der Waals surface area contributed by atoms with Gasteiger partial charge >= 0.3 is 0 Å². The van der Waals surface area contributed by atoms with E-state index < -0.39 is 0 Å². The van der Waals surface area contributed by atoms with E-state index in [4.69, 9.17) is 16.3 Å². The number of hydrogen-bond acceptors (Lipinski definition) is 5. The molecule has 0 bridgehead atoms. The van der Waals surface area contributed by atoms with Gasteiger partial charge in [0.05, 0.1) is 12.1 Å². The van der Waals surface area contributed by atoms with Gasteiger partial charge in [-0.1, -0.05) is 25.3 Å². The van der Waals surface area contributed by atoms with Crippen molar-refractivity contribution in [3.8, 4) is 0 Å². The smallest absolute Gasteiger partial charge is 0.128 e. The summed E-state index contributed by atoms with van der Waals surface area (Å²) in [5.74, 6) is 6.79. The van der Waals surface area contributed by atoms with Gasteiger partial charge in [-0.05, 0) is 24.8 Å². The molecule has 5 nitrogen and oxygen atoms in total. The minimum absolute atomic E-state index is 0.0387. The number of hydrogen-bond donors (Lipinski definition) is 3. The van der Waals surface area contributed by atoms with Crippen molar-refractivity contribution in [3.63, 3.8) is 0 Å². The lowest BCUT2D eigenvalue weighted by Crippen LogP contribution is -2.42. The van der Waals surface area contributed by atoms with E-state index in [1.807, 2.05) is 12.1 Å². The highest BCUT2D eigenvalue weighted by Gasteiger charge is 2.32. The fraction of sp³-hybridized carbons (Fsp3) is 0.643. The van der Waals surface area contributed by atoms with Crippen molar-refractivity contribution >= 4 is 5.82 Å². The molecule has 2 unspecified atom stereocenters. The van der Waals surface area contributed by atoms with E-state index in [2.05, 4.69) is 10.4 Å². The monoisotopic (exact) mass is 264 g/mol. The Bertz CT molecular complexity index is 393. The van der Waals surface area contributed by atoms with Crippen LogP contribution in [0.4, 0.5) is 5.82 Å². The average Bonchev–Trinajstić information content (AvgIpc) is 2.46. The van der Waals surface area contributed by atoms with Crippen LogP contribution in [0.2, 0.25) is 0 Å². The molecular formula is C14H24N4O. The van der Waals surface area contributed by atoms with Gasteiger partial charge < -0.3 is 10.5 Å². The number of nitrogens with two attached hydrogens (primary N) is 2. The normalized spacial score (nSPS) is 20.1. The van der Waals surface area contributed by atoms with Crippen LogP contribution in [0.25, 0.3) is 0 Å². The fourth-order valence-corrected chi connectivity index (χ4v) is 3.12. The van der Waals surface area contributed by atoms with Crippen LogP contribution in [-0.4, -0.2) is 18.2 Å².